The van der Waals surface area contributed by atoms with Crippen LogP contribution in [0.25, 0.3) is 11.1 Å². The van der Waals surface area contributed by atoms with Crippen molar-refractivity contribution in [2.24, 2.45) is 0 Å². The molecule has 0 bridgehead atoms. The van der Waals surface area contributed by atoms with Gasteiger partial charge in [0.1, 0.15) is 5.82 Å². The summed E-state index contributed by atoms with van der Waals surface area (Å²) in [7, 11) is 0. The summed E-state index contributed by atoms with van der Waals surface area (Å²) in [6.07, 6.45) is 3.57. The van der Waals surface area contributed by atoms with Gasteiger partial charge in [-0.3, -0.25) is 0 Å². The Hall–Kier alpha value is -1.67. The molecule has 0 radical (unpaired) electrons. The molecule has 0 aromatic heterocycles. The van der Waals surface area contributed by atoms with E-state index >= 15 is 0 Å². The minimum Gasteiger partial charge on any atom is -0.310 e. The lowest BCUT2D eigenvalue weighted by atomic mass is 9.93. The third-order valence-corrected chi connectivity index (χ3v) is 4.40. The SMILES string of the molecule is CCNC(C)c1ccc(F)cc1-c1ccc2c(c1)CCC2. The molecule has 0 amide bonds. The quantitative estimate of drug-likeness (QED) is 0.861. The molecule has 0 fully saturated rings. The van der Waals surface area contributed by atoms with E-state index in [2.05, 4.69) is 37.4 Å². The van der Waals surface area contributed by atoms with Crippen molar-refractivity contribution in [1.82, 2.24) is 5.32 Å². The molecule has 0 heterocycles. The van der Waals surface area contributed by atoms with Crippen LogP contribution in [0.2, 0.25) is 0 Å². The molecule has 3 rings (SSSR count). The molecule has 0 aliphatic heterocycles. The Bertz CT molecular complexity index is 648. The van der Waals surface area contributed by atoms with E-state index in [4.69, 9.17) is 0 Å². The minimum absolute atomic E-state index is 0.169. The summed E-state index contributed by atoms with van der Waals surface area (Å²) in [6.45, 7) is 5.13. The lowest BCUT2D eigenvalue weighted by Gasteiger charge is -2.18. The summed E-state index contributed by atoms with van der Waals surface area (Å²) < 4.78 is 13.7. The highest BCUT2D eigenvalue weighted by molar-refractivity contribution is 5.69. The van der Waals surface area contributed by atoms with Crippen LogP contribution < -0.4 is 5.32 Å². The summed E-state index contributed by atoms with van der Waals surface area (Å²) >= 11 is 0. The molecule has 2 heteroatoms. The molecule has 1 nitrogen and oxygen atoms in total. The summed E-state index contributed by atoms with van der Waals surface area (Å²) in [4.78, 5) is 0. The molecule has 1 N–H and O–H groups in total. The normalized spacial score (nSPS) is 15.0. The number of aryl methyl sites for hydroxylation is 2. The second-order valence-electron chi connectivity index (χ2n) is 5.85. The van der Waals surface area contributed by atoms with Crippen LogP contribution in [0.1, 0.15) is 43.0 Å². The summed E-state index contributed by atoms with van der Waals surface area (Å²) in [5.41, 5.74) is 6.19. The molecule has 1 unspecified atom stereocenters. The van der Waals surface area contributed by atoms with Gasteiger partial charge in [0, 0.05) is 6.04 Å². The lowest BCUT2D eigenvalue weighted by molar-refractivity contribution is 0.593. The third kappa shape index (κ3) is 2.86. The zero-order chi connectivity index (χ0) is 14.8. The van der Waals surface area contributed by atoms with Crippen molar-refractivity contribution in [2.45, 2.75) is 39.2 Å². The topological polar surface area (TPSA) is 12.0 Å². The molecule has 110 valence electrons. The van der Waals surface area contributed by atoms with Crippen LogP contribution >= 0.6 is 0 Å². The summed E-state index contributed by atoms with van der Waals surface area (Å²) in [5.74, 6) is -0.169. The first-order valence-corrected chi connectivity index (χ1v) is 7.84. The molecule has 2 aromatic rings. The largest absolute Gasteiger partial charge is 0.310 e. The molecule has 2 aromatic carbocycles. The second-order valence-corrected chi connectivity index (χ2v) is 5.85. The predicted octanol–water partition coefficient (Wildman–Crippen LogP) is 4.65. The van der Waals surface area contributed by atoms with E-state index in [1.165, 1.54) is 24.0 Å². The molecule has 1 aliphatic rings. The average Bonchev–Trinajstić information content (AvgIpc) is 2.94. The highest BCUT2D eigenvalue weighted by atomic mass is 19.1. The zero-order valence-corrected chi connectivity index (χ0v) is 12.7. The Morgan fingerprint density at radius 1 is 1.10 bits per heavy atom. The number of fused-ring (bicyclic) bond motifs is 1. The van der Waals surface area contributed by atoms with Gasteiger partial charge in [-0.1, -0.05) is 31.2 Å². The minimum atomic E-state index is -0.169. The maximum Gasteiger partial charge on any atom is 0.123 e. The number of hydrogen-bond donors (Lipinski definition) is 1. The van der Waals surface area contributed by atoms with E-state index in [0.717, 1.165) is 29.7 Å². The third-order valence-electron chi connectivity index (χ3n) is 4.40. The zero-order valence-electron chi connectivity index (χ0n) is 12.7. The maximum absolute atomic E-state index is 13.7. The molecule has 0 saturated carbocycles. The molecular weight excluding hydrogens is 261 g/mol. The van der Waals surface area contributed by atoms with Crippen LogP contribution in [0.3, 0.4) is 0 Å². The second kappa shape index (κ2) is 5.98. The van der Waals surface area contributed by atoms with Gasteiger partial charge < -0.3 is 5.32 Å². The Morgan fingerprint density at radius 3 is 2.71 bits per heavy atom. The van der Waals surface area contributed by atoms with E-state index < -0.39 is 0 Å². The van der Waals surface area contributed by atoms with E-state index in [0.29, 0.717) is 0 Å². The monoisotopic (exact) mass is 283 g/mol. The Morgan fingerprint density at radius 2 is 1.90 bits per heavy atom. The molecular formula is C19H22FN. The Labute approximate surface area is 126 Å². The van der Waals surface area contributed by atoms with Crippen molar-refractivity contribution < 1.29 is 4.39 Å². The highest BCUT2D eigenvalue weighted by Crippen LogP contribution is 2.32. The van der Waals surface area contributed by atoms with E-state index in [1.807, 2.05) is 6.07 Å². The fraction of sp³-hybridized carbons (Fsp3) is 0.368. The van der Waals surface area contributed by atoms with Gasteiger partial charge in [-0.2, -0.15) is 0 Å². The van der Waals surface area contributed by atoms with Crippen LogP contribution in [-0.4, -0.2) is 6.54 Å². The van der Waals surface area contributed by atoms with Crippen molar-refractivity contribution in [2.75, 3.05) is 6.54 Å². The first-order valence-electron chi connectivity index (χ1n) is 7.84. The van der Waals surface area contributed by atoms with Gasteiger partial charge in [0.15, 0.2) is 0 Å². The fourth-order valence-corrected chi connectivity index (χ4v) is 3.31. The van der Waals surface area contributed by atoms with Gasteiger partial charge in [-0.25, -0.2) is 4.39 Å². The molecule has 1 atom stereocenters. The van der Waals surface area contributed by atoms with Crippen molar-refractivity contribution in [3.8, 4) is 11.1 Å². The predicted molar refractivity (Wildman–Crippen MR) is 86.0 cm³/mol. The first kappa shape index (κ1) is 14.3. The molecule has 1 aliphatic carbocycles. The number of nitrogens with one attached hydrogen (secondary N) is 1. The lowest BCUT2D eigenvalue weighted by Crippen LogP contribution is -2.18. The van der Waals surface area contributed by atoms with Crippen LogP contribution in [-0.2, 0) is 12.8 Å². The fourth-order valence-electron chi connectivity index (χ4n) is 3.31. The Kier molecular flexibility index (Phi) is 4.07. The molecule has 0 spiro atoms. The average molecular weight is 283 g/mol. The number of halogens is 1. The Balaban J connectivity index is 2.06. The van der Waals surface area contributed by atoms with E-state index in [-0.39, 0.29) is 11.9 Å². The molecule has 21 heavy (non-hydrogen) atoms. The van der Waals surface area contributed by atoms with Crippen molar-refractivity contribution in [3.05, 3.63) is 58.9 Å². The summed E-state index contributed by atoms with van der Waals surface area (Å²) in [6, 6.07) is 12.0. The van der Waals surface area contributed by atoms with E-state index in [9.17, 15) is 4.39 Å². The van der Waals surface area contributed by atoms with Crippen molar-refractivity contribution in [1.29, 1.82) is 0 Å². The smallest absolute Gasteiger partial charge is 0.123 e. The van der Waals surface area contributed by atoms with Gasteiger partial charge >= 0.3 is 0 Å². The van der Waals surface area contributed by atoms with Gasteiger partial charge in [0.25, 0.3) is 0 Å². The van der Waals surface area contributed by atoms with Crippen LogP contribution in [0, 0.1) is 5.82 Å². The number of rotatable bonds is 4. The number of hydrogen-bond acceptors (Lipinski definition) is 1. The van der Waals surface area contributed by atoms with Gasteiger partial charge in [-0.05, 0) is 72.7 Å². The maximum atomic E-state index is 13.7. The first-order chi connectivity index (χ1) is 10.2. The van der Waals surface area contributed by atoms with Crippen molar-refractivity contribution in [3.63, 3.8) is 0 Å². The standard InChI is InChI=1S/C19H22FN/c1-3-21-13(2)18-10-9-17(20)12-19(18)16-8-7-14-5-4-6-15(14)11-16/h7-13,21H,3-6H2,1-2H3. The molecule has 0 saturated heterocycles. The number of benzene rings is 2. The highest BCUT2D eigenvalue weighted by Gasteiger charge is 2.15. The van der Waals surface area contributed by atoms with Crippen molar-refractivity contribution >= 4 is 0 Å². The van der Waals surface area contributed by atoms with Crippen LogP contribution in [0.4, 0.5) is 4.39 Å². The summed E-state index contributed by atoms with van der Waals surface area (Å²) in [5, 5.41) is 3.42. The van der Waals surface area contributed by atoms with Gasteiger partial charge in [0.05, 0.1) is 0 Å². The van der Waals surface area contributed by atoms with Crippen LogP contribution in [0.15, 0.2) is 36.4 Å². The van der Waals surface area contributed by atoms with E-state index in [1.54, 1.807) is 12.1 Å². The van der Waals surface area contributed by atoms with Gasteiger partial charge in [-0.15, -0.1) is 0 Å². The van der Waals surface area contributed by atoms with Gasteiger partial charge in [0.2, 0.25) is 0 Å². The van der Waals surface area contributed by atoms with Crippen LogP contribution in [0.5, 0.6) is 0 Å².